The van der Waals surface area contributed by atoms with E-state index in [2.05, 4.69) is 15.9 Å². The predicted molar refractivity (Wildman–Crippen MR) is 62.9 cm³/mol. The molecule has 1 aromatic carbocycles. The van der Waals surface area contributed by atoms with Crippen LogP contribution in [0.15, 0.2) is 22.7 Å². The number of hydrogen-bond acceptors (Lipinski definition) is 2. The Bertz CT molecular complexity index is 347. The maximum absolute atomic E-state index is 10.9. The number of nitrogens with zero attached hydrogens (tertiary/aromatic N) is 1. The van der Waals surface area contributed by atoms with Crippen LogP contribution in [0.5, 0.6) is 0 Å². The minimum atomic E-state index is 0.189. The first-order valence-corrected chi connectivity index (χ1v) is 5.25. The Morgan fingerprint density at radius 2 is 2.07 bits per heavy atom. The summed E-state index contributed by atoms with van der Waals surface area (Å²) in [6.07, 6.45) is 0.506. The largest absolute Gasteiger partial charge is 0.377 e. The number of ketones is 1. The van der Waals surface area contributed by atoms with E-state index in [0.717, 1.165) is 15.7 Å². The maximum atomic E-state index is 10.9. The summed E-state index contributed by atoms with van der Waals surface area (Å²) in [5.41, 5.74) is 2.17. The molecule has 0 heterocycles. The Hall–Kier alpha value is -0.830. The molecule has 1 rings (SSSR count). The number of carbonyl (C=O) groups is 1. The summed E-state index contributed by atoms with van der Waals surface area (Å²) in [5.74, 6) is 0.189. The summed E-state index contributed by atoms with van der Waals surface area (Å²) >= 11 is 3.48. The van der Waals surface area contributed by atoms with Gasteiger partial charge in [-0.3, -0.25) is 4.79 Å². The molecule has 0 spiro atoms. The van der Waals surface area contributed by atoms with E-state index < -0.39 is 0 Å². The lowest BCUT2D eigenvalue weighted by Gasteiger charge is -2.15. The molecule has 0 aliphatic rings. The topological polar surface area (TPSA) is 20.3 Å². The van der Waals surface area contributed by atoms with Gasteiger partial charge in [-0.25, -0.2) is 0 Å². The second kappa shape index (κ2) is 4.60. The molecule has 0 saturated heterocycles. The molecule has 0 fully saturated rings. The van der Waals surface area contributed by atoms with Gasteiger partial charge in [0, 0.05) is 25.0 Å². The van der Waals surface area contributed by atoms with Crippen molar-refractivity contribution in [2.45, 2.75) is 13.3 Å². The first-order chi connectivity index (χ1) is 6.50. The maximum Gasteiger partial charge on any atom is 0.134 e. The third kappa shape index (κ3) is 2.84. The zero-order chi connectivity index (χ0) is 10.7. The molecule has 0 unspecified atom stereocenters. The van der Waals surface area contributed by atoms with Gasteiger partial charge in [0.05, 0.1) is 5.69 Å². The Morgan fingerprint density at radius 1 is 1.43 bits per heavy atom. The minimum Gasteiger partial charge on any atom is -0.377 e. The number of carbonyl (C=O) groups excluding carboxylic acids is 1. The average Bonchev–Trinajstić information content (AvgIpc) is 2.01. The van der Waals surface area contributed by atoms with Crippen LogP contribution in [0, 0.1) is 0 Å². The molecule has 0 aliphatic carbocycles. The molecule has 0 N–H and O–H groups in total. The SMILES string of the molecule is CC(=O)Cc1ccc(N(C)C)c(Br)c1. The standard InChI is InChI=1S/C11H14BrNO/c1-8(14)6-9-4-5-11(13(2)3)10(12)7-9/h4-5,7H,6H2,1-3H3. The molecular weight excluding hydrogens is 242 g/mol. The van der Waals surface area contributed by atoms with Crippen LogP contribution in [0.3, 0.4) is 0 Å². The lowest BCUT2D eigenvalue weighted by molar-refractivity contribution is -0.116. The molecule has 0 atom stereocenters. The van der Waals surface area contributed by atoms with Crippen LogP contribution >= 0.6 is 15.9 Å². The molecule has 1 aromatic rings. The molecule has 0 amide bonds. The van der Waals surface area contributed by atoms with Crippen LogP contribution in [-0.4, -0.2) is 19.9 Å². The van der Waals surface area contributed by atoms with Gasteiger partial charge >= 0.3 is 0 Å². The quantitative estimate of drug-likeness (QED) is 0.828. The van der Waals surface area contributed by atoms with Crippen molar-refractivity contribution in [3.8, 4) is 0 Å². The third-order valence-corrected chi connectivity index (χ3v) is 2.58. The van der Waals surface area contributed by atoms with Crippen LogP contribution < -0.4 is 4.90 Å². The van der Waals surface area contributed by atoms with Crippen LogP contribution in [0.25, 0.3) is 0 Å². The van der Waals surface area contributed by atoms with Crippen molar-refractivity contribution in [1.82, 2.24) is 0 Å². The minimum absolute atomic E-state index is 0.189. The molecule has 0 aromatic heterocycles. The predicted octanol–water partition coefficient (Wildman–Crippen LogP) is 2.65. The first-order valence-electron chi connectivity index (χ1n) is 4.46. The number of halogens is 1. The molecule has 3 heteroatoms. The second-order valence-corrected chi connectivity index (χ2v) is 4.41. The highest BCUT2D eigenvalue weighted by Crippen LogP contribution is 2.25. The van der Waals surface area contributed by atoms with Gasteiger partial charge in [0.25, 0.3) is 0 Å². The Labute approximate surface area is 93.0 Å². The fourth-order valence-corrected chi connectivity index (χ4v) is 2.09. The number of hydrogen-bond donors (Lipinski definition) is 0. The zero-order valence-electron chi connectivity index (χ0n) is 8.67. The van der Waals surface area contributed by atoms with Crippen molar-refractivity contribution >= 4 is 27.4 Å². The van der Waals surface area contributed by atoms with Crippen LogP contribution in [0.1, 0.15) is 12.5 Å². The van der Waals surface area contributed by atoms with Gasteiger partial charge in [-0.2, -0.15) is 0 Å². The van der Waals surface area contributed by atoms with Gasteiger partial charge in [0.15, 0.2) is 0 Å². The van der Waals surface area contributed by atoms with E-state index in [1.165, 1.54) is 0 Å². The number of benzene rings is 1. The van der Waals surface area contributed by atoms with Crippen LogP contribution in [-0.2, 0) is 11.2 Å². The fraction of sp³-hybridized carbons (Fsp3) is 0.364. The Morgan fingerprint density at radius 3 is 2.50 bits per heavy atom. The summed E-state index contributed by atoms with van der Waals surface area (Å²) < 4.78 is 1.03. The smallest absolute Gasteiger partial charge is 0.134 e. The highest BCUT2D eigenvalue weighted by atomic mass is 79.9. The van der Waals surface area contributed by atoms with Crippen LogP contribution in [0.2, 0.25) is 0 Å². The molecule has 0 radical (unpaired) electrons. The summed E-state index contributed by atoms with van der Waals surface area (Å²) in [4.78, 5) is 12.9. The van der Waals surface area contributed by atoms with Gasteiger partial charge in [-0.1, -0.05) is 6.07 Å². The normalized spacial score (nSPS) is 10.0. The average molecular weight is 256 g/mol. The van der Waals surface area contributed by atoms with Crippen molar-refractivity contribution in [3.63, 3.8) is 0 Å². The van der Waals surface area contributed by atoms with Gasteiger partial charge in [0.1, 0.15) is 5.78 Å². The Balaban J connectivity index is 2.94. The van der Waals surface area contributed by atoms with Crippen LogP contribution in [0.4, 0.5) is 5.69 Å². The van der Waals surface area contributed by atoms with Gasteiger partial charge in [-0.15, -0.1) is 0 Å². The third-order valence-electron chi connectivity index (χ3n) is 1.95. The van der Waals surface area contributed by atoms with Gasteiger partial charge in [-0.05, 0) is 40.5 Å². The highest BCUT2D eigenvalue weighted by molar-refractivity contribution is 9.10. The molecule has 14 heavy (non-hydrogen) atoms. The molecule has 2 nitrogen and oxygen atoms in total. The summed E-state index contributed by atoms with van der Waals surface area (Å²) in [6.45, 7) is 1.60. The van der Waals surface area contributed by atoms with E-state index in [-0.39, 0.29) is 5.78 Å². The lowest BCUT2D eigenvalue weighted by Crippen LogP contribution is -2.09. The molecular formula is C11H14BrNO. The van der Waals surface area contributed by atoms with E-state index in [0.29, 0.717) is 6.42 Å². The van der Waals surface area contributed by atoms with E-state index in [1.54, 1.807) is 6.92 Å². The molecule has 0 saturated carbocycles. The number of rotatable bonds is 3. The molecule has 0 bridgehead atoms. The van der Waals surface area contributed by atoms with Gasteiger partial charge in [0.2, 0.25) is 0 Å². The van der Waals surface area contributed by atoms with Crippen molar-refractivity contribution in [1.29, 1.82) is 0 Å². The highest BCUT2D eigenvalue weighted by Gasteiger charge is 2.04. The summed E-state index contributed by atoms with van der Waals surface area (Å²) in [5, 5.41) is 0. The van der Waals surface area contributed by atoms with Crippen molar-refractivity contribution < 1.29 is 4.79 Å². The van der Waals surface area contributed by atoms with Crippen molar-refractivity contribution in [3.05, 3.63) is 28.2 Å². The van der Waals surface area contributed by atoms with E-state index in [4.69, 9.17) is 0 Å². The fourth-order valence-electron chi connectivity index (χ4n) is 1.31. The van der Waals surface area contributed by atoms with Crippen molar-refractivity contribution in [2.24, 2.45) is 0 Å². The van der Waals surface area contributed by atoms with Crippen molar-refractivity contribution in [2.75, 3.05) is 19.0 Å². The zero-order valence-corrected chi connectivity index (χ0v) is 10.3. The first kappa shape index (κ1) is 11.2. The Kier molecular flexibility index (Phi) is 3.69. The van der Waals surface area contributed by atoms with E-state index in [1.807, 2.05) is 37.2 Å². The number of Topliss-reactive ketones (excluding diaryl/α,β-unsaturated/α-hetero) is 1. The number of anilines is 1. The van der Waals surface area contributed by atoms with E-state index >= 15 is 0 Å². The second-order valence-electron chi connectivity index (χ2n) is 3.56. The van der Waals surface area contributed by atoms with Gasteiger partial charge < -0.3 is 4.90 Å². The molecule has 0 aliphatic heterocycles. The van der Waals surface area contributed by atoms with E-state index in [9.17, 15) is 4.79 Å². The molecule has 76 valence electrons. The lowest BCUT2D eigenvalue weighted by atomic mass is 10.1. The monoisotopic (exact) mass is 255 g/mol. The summed E-state index contributed by atoms with van der Waals surface area (Å²) in [7, 11) is 3.98. The summed E-state index contributed by atoms with van der Waals surface area (Å²) in [6, 6.07) is 6.00.